The Morgan fingerprint density at radius 2 is 2.35 bits per heavy atom. The van der Waals surface area contributed by atoms with Gasteiger partial charge in [0.05, 0.1) is 5.39 Å². The molecule has 17 heavy (non-hydrogen) atoms. The first-order valence-electron chi connectivity index (χ1n) is 5.93. The van der Waals surface area contributed by atoms with Crippen LogP contribution in [-0.4, -0.2) is 35.6 Å². The third kappa shape index (κ3) is 2.00. The van der Waals surface area contributed by atoms with Crippen molar-refractivity contribution in [1.82, 2.24) is 15.3 Å². The van der Waals surface area contributed by atoms with E-state index in [-0.39, 0.29) is 0 Å². The van der Waals surface area contributed by atoms with E-state index in [9.17, 15) is 0 Å². The second-order valence-corrected chi connectivity index (χ2v) is 5.81. The van der Waals surface area contributed by atoms with Gasteiger partial charge in [0.25, 0.3) is 0 Å². The number of fused-ring (bicyclic) bond motifs is 1. The van der Waals surface area contributed by atoms with Crippen molar-refractivity contribution < 1.29 is 0 Å². The Morgan fingerprint density at radius 1 is 1.47 bits per heavy atom. The molecule has 0 radical (unpaired) electrons. The van der Waals surface area contributed by atoms with Crippen molar-refractivity contribution in [2.75, 3.05) is 24.5 Å². The zero-order valence-corrected chi connectivity index (χ0v) is 10.9. The van der Waals surface area contributed by atoms with Crippen LogP contribution in [0.15, 0.2) is 12.4 Å². The van der Waals surface area contributed by atoms with Gasteiger partial charge in [-0.15, -0.1) is 11.3 Å². The Hall–Kier alpha value is -1.20. The van der Waals surface area contributed by atoms with Crippen molar-refractivity contribution in [3.05, 3.63) is 17.3 Å². The second kappa shape index (κ2) is 4.23. The SMILES string of the molecule is Cc1cc2c(N3CCNC(C)C3)ncnc2s1. The number of hydrogen-bond donors (Lipinski definition) is 1. The number of anilines is 1. The number of aromatic nitrogens is 2. The lowest BCUT2D eigenvalue weighted by Gasteiger charge is -2.32. The van der Waals surface area contributed by atoms with Gasteiger partial charge in [0.15, 0.2) is 0 Å². The number of thiophene rings is 1. The highest BCUT2D eigenvalue weighted by atomic mass is 32.1. The average molecular weight is 248 g/mol. The molecule has 0 saturated carbocycles. The molecule has 5 heteroatoms. The topological polar surface area (TPSA) is 41.0 Å². The highest BCUT2D eigenvalue weighted by molar-refractivity contribution is 7.18. The normalized spacial score (nSPS) is 21.1. The van der Waals surface area contributed by atoms with Crippen LogP contribution in [0.1, 0.15) is 11.8 Å². The maximum absolute atomic E-state index is 4.47. The van der Waals surface area contributed by atoms with Crippen LogP contribution in [0.3, 0.4) is 0 Å². The van der Waals surface area contributed by atoms with E-state index in [0.29, 0.717) is 6.04 Å². The number of nitrogens with one attached hydrogen (secondary N) is 1. The molecule has 1 saturated heterocycles. The van der Waals surface area contributed by atoms with Crippen LogP contribution < -0.4 is 10.2 Å². The predicted octanol–water partition coefficient (Wildman–Crippen LogP) is 1.80. The summed E-state index contributed by atoms with van der Waals surface area (Å²) < 4.78 is 0. The molecule has 2 aromatic heterocycles. The van der Waals surface area contributed by atoms with Gasteiger partial charge in [-0.25, -0.2) is 9.97 Å². The van der Waals surface area contributed by atoms with E-state index in [4.69, 9.17) is 0 Å². The Morgan fingerprint density at radius 3 is 3.18 bits per heavy atom. The molecule has 0 bridgehead atoms. The molecule has 1 aliphatic heterocycles. The van der Waals surface area contributed by atoms with Gasteiger partial charge in [0.2, 0.25) is 0 Å². The van der Waals surface area contributed by atoms with Crippen LogP contribution in [0.5, 0.6) is 0 Å². The standard InChI is InChI=1S/C12H16N4S/c1-8-6-16(4-3-13-8)11-10-5-9(2)17-12(10)15-7-14-11/h5,7-8,13H,3-4,6H2,1-2H3. The smallest absolute Gasteiger partial charge is 0.140 e. The van der Waals surface area contributed by atoms with Gasteiger partial charge in [-0.3, -0.25) is 0 Å². The minimum Gasteiger partial charge on any atom is -0.353 e. The molecule has 1 fully saturated rings. The minimum absolute atomic E-state index is 0.522. The quantitative estimate of drug-likeness (QED) is 0.835. The molecule has 0 spiro atoms. The van der Waals surface area contributed by atoms with Crippen molar-refractivity contribution in [2.24, 2.45) is 0 Å². The predicted molar refractivity (Wildman–Crippen MR) is 71.8 cm³/mol. The molecule has 3 heterocycles. The van der Waals surface area contributed by atoms with Crippen molar-refractivity contribution in [2.45, 2.75) is 19.9 Å². The molecule has 0 amide bonds. The first-order chi connectivity index (χ1) is 8.24. The molecular weight excluding hydrogens is 232 g/mol. The summed E-state index contributed by atoms with van der Waals surface area (Å²) >= 11 is 1.74. The zero-order valence-electron chi connectivity index (χ0n) is 10.1. The number of piperazine rings is 1. The van der Waals surface area contributed by atoms with E-state index in [1.807, 2.05) is 0 Å². The molecule has 1 atom stereocenters. The molecule has 4 nitrogen and oxygen atoms in total. The maximum Gasteiger partial charge on any atom is 0.140 e. The fraction of sp³-hybridized carbons (Fsp3) is 0.500. The van der Waals surface area contributed by atoms with E-state index in [1.54, 1.807) is 17.7 Å². The van der Waals surface area contributed by atoms with E-state index in [2.05, 4.69) is 40.1 Å². The minimum atomic E-state index is 0.522. The summed E-state index contributed by atoms with van der Waals surface area (Å²) in [6, 6.07) is 2.72. The van der Waals surface area contributed by atoms with Crippen molar-refractivity contribution in [3.63, 3.8) is 0 Å². The van der Waals surface area contributed by atoms with Gasteiger partial charge in [0, 0.05) is 30.6 Å². The first kappa shape index (κ1) is 10.9. The Labute approximate surface area is 105 Å². The van der Waals surface area contributed by atoms with Gasteiger partial charge in [-0.1, -0.05) is 0 Å². The van der Waals surface area contributed by atoms with Gasteiger partial charge in [0.1, 0.15) is 17.0 Å². The largest absolute Gasteiger partial charge is 0.353 e. The van der Waals surface area contributed by atoms with E-state index in [0.717, 1.165) is 30.3 Å². The fourth-order valence-corrected chi connectivity index (χ4v) is 3.18. The summed E-state index contributed by atoms with van der Waals surface area (Å²) in [6.07, 6.45) is 1.68. The van der Waals surface area contributed by atoms with Crippen LogP contribution in [0.2, 0.25) is 0 Å². The molecule has 1 aliphatic rings. The molecular formula is C12H16N4S. The molecule has 0 aromatic carbocycles. The lowest BCUT2D eigenvalue weighted by atomic mass is 10.2. The van der Waals surface area contributed by atoms with E-state index < -0.39 is 0 Å². The third-order valence-electron chi connectivity index (χ3n) is 3.10. The van der Waals surface area contributed by atoms with Crippen LogP contribution in [-0.2, 0) is 0 Å². The summed E-state index contributed by atoms with van der Waals surface area (Å²) in [5, 5.41) is 4.65. The van der Waals surface area contributed by atoms with Crippen molar-refractivity contribution in [1.29, 1.82) is 0 Å². The third-order valence-corrected chi connectivity index (χ3v) is 4.06. The summed E-state index contributed by atoms with van der Waals surface area (Å²) in [7, 11) is 0. The molecule has 90 valence electrons. The fourth-order valence-electron chi connectivity index (χ4n) is 2.34. The Kier molecular flexibility index (Phi) is 2.72. The van der Waals surface area contributed by atoms with Crippen molar-refractivity contribution in [3.8, 4) is 0 Å². The summed E-state index contributed by atoms with van der Waals surface area (Å²) in [4.78, 5) is 13.6. The number of hydrogen-bond acceptors (Lipinski definition) is 5. The van der Waals surface area contributed by atoms with Crippen LogP contribution in [0.4, 0.5) is 5.82 Å². The summed E-state index contributed by atoms with van der Waals surface area (Å²) in [5.41, 5.74) is 0. The van der Waals surface area contributed by atoms with Gasteiger partial charge < -0.3 is 10.2 Å². The monoisotopic (exact) mass is 248 g/mol. The molecule has 3 rings (SSSR count). The molecule has 0 aliphatic carbocycles. The summed E-state index contributed by atoms with van der Waals surface area (Å²) in [6.45, 7) is 7.39. The van der Waals surface area contributed by atoms with Crippen LogP contribution >= 0.6 is 11.3 Å². The second-order valence-electron chi connectivity index (χ2n) is 4.57. The maximum atomic E-state index is 4.47. The summed E-state index contributed by atoms with van der Waals surface area (Å²) in [5.74, 6) is 1.09. The van der Waals surface area contributed by atoms with Gasteiger partial charge in [-0.2, -0.15) is 0 Å². The first-order valence-corrected chi connectivity index (χ1v) is 6.75. The number of aryl methyl sites for hydroxylation is 1. The lowest BCUT2D eigenvalue weighted by molar-refractivity contribution is 0.483. The lowest BCUT2D eigenvalue weighted by Crippen LogP contribution is -2.49. The molecule has 1 unspecified atom stereocenters. The zero-order chi connectivity index (χ0) is 11.8. The van der Waals surface area contributed by atoms with Gasteiger partial charge >= 0.3 is 0 Å². The number of rotatable bonds is 1. The highest BCUT2D eigenvalue weighted by Gasteiger charge is 2.19. The highest BCUT2D eigenvalue weighted by Crippen LogP contribution is 2.29. The molecule has 1 N–H and O–H groups in total. The van der Waals surface area contributed by atoms with Crippen LogP contribution in [0.25, 0.3) is 10.2 Å². The number of nitrogens with zero attached hydrogens (tertiary/aromatic N) is 3. The van der Waals surface area contributed by atoms with Crippen molar-refractivity contribution >= 4 is 27.4 Å². The molecule has 2 aromatic rings. The van der Waals surface area contributed by atoms with Crippen LogP contribution in [0, 0.1) is 6.92 Å². The van der Waals surface area contributed by atoms with E-state index in [1.165, 1.54) is 10.3 Å². The van der Waals surface area contributed by atoms with Gasteiger partial charge in [-0.05, 0) is 19.9 Å². The van der Waals surface area contributed by atoms with E-state index >= 15 is 0 Å². The Balaban J connectivity index is 2.04. The average Bonchev–Trinajstić information content (AvgIpc) is 2.68. The Bertz CT molecular complexity index is 536.